The SMILES string of the molecule is COc1cccc(C2(N=C=O)CCOCC2)c1. The van der Waals surface area contributed by atoms with E-state index in [2.05, 4.69) is 4.99 Å². The highest BCUT2D eigenvalue weighted by atomic mass is 16.5. The number of ether oxygens (including phenoxy) is 2. The van der Waals surface area contributed by atoms with Crippen molar-refractivity contribution in [2.45, 2.75) is 18.4 Å². The van der Waals surface area contributed by atoms with Gasteiger partial charge in [0, 0.05) is 26.1 Å². The molecule has 0 atom stereocenters. The van der Waals surface area contributed by atoms with Gasteiger partial charge in [0.2, 0.25) is 6.08 Å². The Morgan fingerprint density at radius 3 is 2.82 bits per heavy atom. The summed E-state index contributed by atoms with van der Waals surface area (Å²) < 4.78 is 10.5. The molecule has 0 unspecified atom stereocenters. The van der Waals surface area contributed by atoms with Gasteiger partial charge < -0.3 is 9.47 Å². The lowest BCUT2D eigenvalue weighted by Gasteiger charge is -2.32. The van der Waals surface area contributed by atoms with Crippen LogP contribution in [0.15, 0.2) is 29.3 Å². The Kier molecular flexibility index (Phi) is 3.57. The van der Waals surface area contributed by atoms with Crippen molar-refractivity contribution in [2.75, 3.05) is 20.3 Å². The van der Waals surface area contributed by atoms with Crippen LogP contribution in [-0.4, -0.2) is 26.4 Å². The maximum atomic E-state index is 10.6. The molecule has 1 fully saturated rings. The average Bonchev–Trinajstić information content (AvgIpc) is 2.40. The monoisotopic (exact) mass is 233 g/mol. The Morgan fingerprint density at radius 2 is 2.18 bits per heavy atom. The van der Waals surface area contributed by atoms with E-state index in [9.17, 15) is 4.79 Å². The lowest BCUT2D eigenvalue weighted by molar-refractivity contribution is 0.0531. The third-order valence-corrected chi connectivity index (χ3v) is 3.19. The number of methoxy groups -OCH3 is 1. The summed E-state index contributed by atoms with van der Waals surface area (Å²) in [6.45, 7) is 1.23. The molecular formula is C13H15NO3. The second-order valence-corrected chi connectivity index (χ2v) is 4.08. The molecule has 1 aromatic carbocycles. The fourth-order valence-electron chi connectivity index (χ4n) is 2.17. The molecular weight excluding hydrogens is 218 g/mol. The highest BCUT2D eigenvalue weighted by Crippen LogP contribution is 2.37. The van der Waals surface area contributed by atoms with Gasteiger partial charge in [-0.2, -0.15) is 4.99 Å². The molecule has 4 nitrogen and oxygen atoms in total. The zero-order valence-electron chi connectivity index (χ0n) is 9.81. The fraction of sp³-hybridized carbons (Fsp3) is 0.462. The number of hydrogen-bond acceptors (Lipinski definition) is 4. The minimum absolute atomic E-state index is 0.492. The zero-order valence-corrected chi connectivity index (χ0v) is 9.81. The topological polar surface area (TPSA) is 47.9 Å². The van der Waals surface area contributed by atoms with Crippen molar-refractivity contribution >= 4 is 6.08 Å². The number of nitrogens with zero attached hydrogens (tertiary/aromatic N) is 1. The van der Waals surface area contributed by atoms with Crippen LogP contribution in [0.4, 0.5) is 0 Å². The predicted octanol–water partition coefficient (Wildman–Crippen LogP) is 2.04. The van der Waals surface area contributed by atoms with Gasteiger partial charge in [-0.05, 0) is 17.7 Å². The van der Waals surface area contributed by atoms with Gasteiger partial charge in [-0.25, -0.2) is 4.79 Å². The molecule has 0 aliphatic carbocycles. The Labute approximate surface area is 100 Å². The van der Waals surface area contributed by atoms with Gasteiger partial charge in [0.1, 0.15) is 11.3 Å². The molecule has 0 saturated carbocycles. The minimum Gasteiger partial charge on any atom is -0.497 e. The summed E-state index contributed by atoms with van der Waals surface area (Å²) in [5.74, 6) is 0.773. The van der Waals surface area contributed by atoms with E-state index in [1.807, 2.05) is 24.3 Å². The molecule has 0 aromatic heterocycles. The maximum absolute atomic E-state index is 10.6. The summed E-state index contributed by atoms with van der Waals surface area (Å²) in [4.78, 5) is 14.7. The van der Waals surface area contributed by atoms with Crippen molar-refractivity contribution in [2.24, 2.45) is 4.99 Å². The summed E-state index contributed by atoms with van der Waals surface area (Å²) in [5, 5.41) is 0. The van der Waals surface area contributed by atoms with Crippen LogP contribution in [0, 0.1) is 0 Å². The molecule has 0 bridgehead atoms. The summed E-state index contributed by atoms with van der Waals surface area (Å²) in [6, 6.07) is 7.67. The average molecular weight is 233 g/mol. The van der Waals surface area contributed by atoms with E-state index in [-0.39, 0.29) is 0 Å². The normalized spacial score (nSPS) is 18.2. The summed E-state index contributed by atoms with van der Waals surface area (Å²) in [6.07, 6.45) is 3.10. The van der Waals surface area contributed by atoms with Crippen LogP contribution in [0.25, 0.3) is 0 Å². The number of benzene rings is 1. The number of isocyanates is 1. The highest BCUT2D eigenvalue weighted by molar-refractivity contribution is 5.40. The van der Waals surface area contributed by atoms with Gasteiger partial charge in [-0.1, -0.05) is 12.1 Å². The first-order chi connectivity index (χ1) is 8.30. The predicted molar refractivity (Wildman–Crippen MR) is 62.8 cm³/mol. The second kappa shape index (κ2) is 5.13. The lowest BCUT2D eigenvalue weighted by atomic mass is 9.83. The van der Waals surface area contributed by atoms with Crippen LogP contribution in [0.5, 0.6) is 5.75 Å². The summed E-state index contributed by atoms with van der Waals surface area (Å²) in [7, 11) is 1.62. The molecule has 1 aliphatic heterocycles. The lowest BCUT2D eigenvalue weighted by Crippen LogP contribution is -2.31. The molecule has 2 rings (SSSR count). The van der Waals surface area contributed by atoms with Crippen LogP contribution < -0.4 is 4.74 Å². The molecule has 0 N–H and O–H groups in total. The molecule has 1 aromatic rings. The first-order valence-corrected chi connectivity index (χ1v) is 5.62. The largest absolute Gasteiger partial charge is 0.497 e. The van der Waals surface area contributed by atoms with Crippen molar-refractivity contribution < 1.29 is 14.3 Å². The third kappa shape index (κ3) is 2.38. The molecule has 0 radical (unpaired) electrons. The van der Waals surface area contributed by atoms with Crippen LogP contribution in [0.3, 0.4) is 0 Å². The Balaban J connectivity index is 2.40. The molecule has 0 spiro atoms. The number of hydrogen-bond donors (Lipinski definition) is 0. The van der Waals surface area contributed by atoms with E-state index in [0.29, 0.717) is 26.1 Å². The molecule has 90 valence electrons. The van der Waals surface area contributed by atoms with E-state index in [0.717, 1.165) is 11.3 Å². The number of aliphatic imine (C=N–C) groups is 1. The van der Waals surface area contributed by atoms with E-state index in [1.54, 1.807) is 13.2 Å². The van der Waals surface area contributed by atoms with Gasteiger partial charge in [-0.15, -0.1) is 0 Å². The van der Waals surface area contributed by atoms with E-state index in [4.69, 9.17) is 9.47 Å². The second-order valence-electron chi connectivity index (χ2n) is 4.08. The van der Waals surface area contributed by atoms with Crippen molar-refractivity contribution in [3.05, 3.63) is 29.8 Å². The number of carbonyl (C=O) groups excluding carboxylic acids is 1. The molecule has 1 saturated heterocycles. The van der Waals surface area contributed by atoms with E-state index >= 15 is 0 Å². The first kappa shape index (κ1) is 11.8. The van der Waals surface area contributed by atoms with Gasteiger partial charge in [0.05, 0.1) is 7.11 Å². The maximum Gasteiger partial charge on any atom is 0.235 e. The Bertz CT molecular complexity index is 432. The van der Waals surface area contributed by atoms with Crippen molar-refractivity contribution in [1.29, 1.82) is 0 Å². The van der Waals surface area contributed by atoms with E-state index in [1.165, 1.54) is 0 Å². The Hall–Kier alpha value is -1.64. The molecule has 17 heavy (non-hydrogen) atoms. The van der Waals surface area contributed by atoms with Gasteiger partial charge in [0.25, 0.3) is 0 Å². The fourth-order valence-corrected chi connectivity index (χ4v) is 2.17. The van der Waals surface area contributed by atoms with Crippen molar-refractivity contribution in [3.63, 3.8) is 0 Å². The Morgan fingerprint density at radius 1 is 1.41 bits per heavy atom. The van der Waals surface area contributed by atoms with Gasteiger partial charge >= 0.3 is 0 Å². The van der Waals surface area contributed by atoms with Gasteiger partial charge in [0.15, 0.2) is 0 Å². The number of rotatable bonds is 3. The van der Waals surface area contributed by atoms with Crippen LogP contribution in [-0.2, 0) is 15.1 Å². The standard InChI is InChI=1S/C13H15NO3/c1-16-12-4-2-3-11(9-12)13(14-10-15)5-7-17-8-6-13/h2-4,9H,5-8H2,1H3. The smallest absolute Gasteiger partial charge is 0.235 e. The molecule has 1 aliphatic rings. The minimum atomic E-state index is -0.492. The molecule has 4 heteroatoms. The molecule has 0 amide bonds. The van der Waals surface area contributed by atoms with Crippen molar-refractivity contribution in [3.8, 4) is 5.75 Å². The van der Waals surface area contributed by atoms with Crippen LogP contribution >= 0.6 is 0 Å². The highest BCUT2D eigenvalue weighted by Gasteiger charge is 2.34. The third-order valence-electron chi connectivity index (χ3n) is 3.19. The van der Waals surface area contributed by atoms with Crippen LogP contribution in [0.2, 0.25) is 0 Å². The first-order valence-electron chi connectivity index (χ1n) is 5.62. The summed E-state index contributed by atoms with van der Waals surface area (Å²) in [5.41, 5.74) is 0.498. The zero-order chi connectivity index (χ0) is 12.1. The molecule has 1 heterocycles. The van der Waals surface area contributed by atoms with Crippen molar-refractivity contribution in [1.82, 2.24) is 0 Å². The van der Waals surface area contributed by atoms with Gasteiger partial charge in [-0.3, -0.25) is 0 Å². The summed E-state index contributed by atoms with van der Waals surface area (Å²) >= 11 is 0. The van der Waals surface area contributed by atoms with E-state index < -0.39 is 5.54 Å². The quantitative estimate of drug-likeness (QED) is 0.593. The van der Waals surface area contributed by atoms with Crippen LogP contribution in [0.1, 0.15) is 18.4 Å².